The van der Waals surface area contributed by atoms with Crippen LogP contribution in [0.25, 0.3) is 0 Å². The van der Waals surface area contributed by atoms with Gasteiger partial charge in [0.1, 0.15) is 5.75 Å². The number of hydrogen-bond acceptors (Lipinski definition) is 4. The van der Waals surface area contributed by atoms with E-state index in [0.29, 0.717) is 6.54 Å². The Morgan fingerprint density at radius 2 is 1.96 bits per heavy atom. The van der Waals surface area contributed by atoms with Crippen molar-refractivity contribution in [3.8, 4) is 5.75 Å². The molecule has 0 spiro atoms. The second-order valence-corrected chi connectivity index (χ2v) is 6.74. The van der Waals surface area contributed by atoms with Gasteiger partial charge >= 0.3 is 0 Å². The smallest absolute Gasteiger partial charge is 0.123 e. The maximum atomic E-state index is 5.51. The highest BCUT2D eigenvalue weighted by Crippen LogP contribution is 2.24. The molecule has 0 saturated carbocycles. The predicted molar refractivity (Wildman–Crippen MR) is 109 cm³/mol. The van der Waals surface area contributed by atoms with Crippen LogP contribution in [-0.4, -0.2) is 23.1 Å². The lowest BCUT2D eigenvalue weighted by Crippen LogP contribution is -2.06. The zero-order chi connectivity index (χ0) is 18.5. The monoisotopic (exact) mass is 412 g/mol. The number of ether oxygens (including phenoxy) is 1. The molecule has 1 heterocycles. The van der Waals surface area contributed by atoms with Crippen LogP contribution in [-0.2, 0) is 6.54 Å². The van der Waals surface area contributed by atoms with Gasteiger partial charge in [0.25, 0.3) is 0 Å². The van der Waals surface area contributed by atoms with Gasteiger partial charge < -0.3 is 4.74 Å². The van der Waals surface area contributed by atoms with Gasteiger partial charge in [-0.3, -0.25) is 10.1 Å². The van der Waals surface area contributed by atoms with Crippen LogP contribution in [0.15, 0.2) is 58.1 Å². The van der Waals surface area contributed by atoms with Crippen molar-refractivity contribution in [2.75, 3.05) is 12.5 Å². The van der Waals surface area contributed by atoms with Crippen molar-refractivity contribution < 1.29 is 4.74 Å². The first kappa shape index (κ1) is 18.2. The summed E-state index contributed by atoms with van der Waals surface area (Å²) < 4.78 is 8.53. The summed E-state index contributed by atoms with van der Waals surface area (Å²) in [6.07, 6.45) is 1.80. The van der Waals surface area contributed by atoms with Gasteiger partial charge in [-0.05, 0) is 65.7 Å². The fraction of sp³-hybridized carbons (Fsp3) is 0.200. The van der Waals surface area contributed by atoms with Crippen LogP contribution < -0.4 is 10.2 Å². The van der Waals surface area contributed by atoms with Crippen molar-refractivity contribution in [1.29, 1.82) is 0 Å². The van der Waals surface area contributed by atoms with Crippen LogP contribution in [0.5, 0.6) is 5.75 Å². The third-order valence-corrected chi connectivity index (χ3v) is 5.25. The number of hydrogen-bond donors (Lipinski definition) is 1. The minimum absolute atomic E-state index is 0.634. The van der Waals surface area contributed by atoms with Crippen LogP contribution in [0.2, 0.25) is 0 Å². The van der Waals surface area contributed by atoms with E-state index >= 15 is 0 Å². The van der Waals surface area contributed by atoms with Gasteiger partial charge in [-0.25, -0.2) is 0 Å². The molecule has 0 fully saturated rings. The summed E-state index contributed by atoms with van der Waals surface area (Å²) in [7, 11) is 1.68. The van der Waals surface area contributed by atoms with Crippen molar-refractivity contribution in [2.24, 2.45) is 5.10 Å². The molecule has 1 N–H and O–H groups in total. The summed E-state index contributed by atoms with van der Waals surface area (Å²) in [6.45, 7) is 4.67. The number of methoxy groups -OCH3 is 1. The number of nitrogens with one attached hydrogen (secondary N) is 1. The Morgan fingerprint density at radius 1 is 1.19 bits per heavy atom. The lowest BCUT2D eigenvalue weighted by atomic mass is 10.1. The van der Waals surface area contributed by atoms with E-state index in [-0.39, 0.29) is 0 Å². The molecule has 26 heavy (non-hydrogen) atoms. The molecule has 0 radical (unpaired) electrons. The first-order chi connectivity index (χ1) is 12.6. The fourth-order valence-corrected chi connectivity index (χ4v) is 2.97. The van der Waals surface area contributed by atoms with Gasteiger partial charge in [-0.15, -0.1) is 0 Å². The Labute approximate surface area is 161 Å². The van der Waals surface area contributed by atoms with Gasteiger partial charge in [0, 0.05) is 5.56 Å². The molecular formula is C20H21BrN4O. The van der Waals surface area contributed by atoms with E-state index in [4.69, 9.17) is 4.74 Å². The molecule has 0 aliphatic carbocycles. The number of halogens is 1. The summed E-state index contributed by atoms with van der Waals surface area (Å²) in [5, 5.41) is 8.89. The Balaban J connectivity index is 1.81. The summed E-state index contributed by atoms with van der Waals surface area (Å²) in [5.74, 6) is 0.835. The Bertz CT molecular complexity index is 919. The number of rotatable bonds is 6. The van der Waals surface area contributed by atoms with E-state index in [2.05, 4.69) is 37.6 Å². The van der Waals surface area contributed by atoms with Gasteiger partial charge in [0.05, 0.1) is 41.4 Å². The summed E-state index contributed by atoms with van der Waals surface area (Å²) in [5.41, 5.74) is 8.09. The first-order valence-corrected chi connectivity index (χ1v) is 9.08. The standard InChI is InChI=1S/C20H21BrN4O/c1-14-20(21)15(2)25(24-14)13-17-11-16(9-10-19(17)26-3)12-22-23-18-7-5-4-6-8-18/h4-12,23H,13H2,1-3H3. The topological polar surface area (TPSA) is 51.4 Å². The molecule has 2 aromatic carbocycles. The maximum absolute atomic E-state index is 5.51. The zero-order valence-electron chi connectivity index (χ0n) is 15.0. The molecule has 0 amide bonds. The number of nitrogens with zero attached hydrogens (tertiary/aromatic N) is 3. The van der Waals surface area contributed by atoms with E-state index < -0.39 is 0 Å². The van der Waals surface area contributed by atoms with E-state index in [0.717, 1.165) is 38.4 Å². The summed E-state index contributed by atoms with van der Waals surface area (Å²) in [4.78, 5) is 0. The Hall–Kier alpha value is -2.60. The van der Waals surface area contributed by atoms with Crippen molar-refractivity contribution in [3.05, 3.63) is 75.5 Å². The number of benzene rings is 2. The second kappa shape index (κ2) is 8.19. The maximum Gasteiger partial charge on any atom is 0.123 e. The lowest BCUT2D eigenvalue weighted by molar-refractivity contribution is 0.407. The Kier molecular flexibility index (Phi) is 5.73. The normalized spacial score (nSPS) is 11.1. The van der Waals surface area contributed by atoms with Crippen LogP contribution in [0.3, 0.4) is 0 Å². The fourth-order valence-electron chi connectivity index (χ4n) is 2.69. The first-order valence-electron chi connectivity index (χ1n) is 8.29. The van der Waals surface area contributed by atoms with Gasteiger partial charge in [0.2, 0.25) is 0 Å². The average Bonchev–Trinajstić information content (AvgIpc) is 2.90. The zero-order valence-corrected chi connectivity index (χ0v) is 16.6. The largest absolute Gasteiger partial charge is 0.496 e. The van der Waals surface area contributed by atoms with E-state index in [1.54, 1.807) is 13.3 Å². The van der Waals surface area contributed by atoms with Crippen molar-refractivity contribution in [2.45, 2.75) is 20.4 Å². The molecule has 1 aromatic heterocycles. The van der Waals surface area contributed by atoms with Crippen LogP contribution >= 0.6 is 15.9 Å². The molecule has 0 aliphatic heterocycles. The third kappa shape index (κ3) is 4.14. The lowest BCUT2D eigenvalue weighted by Gasteiger charge is -2.11. The predicted octanol–water partition coefficient (Wildman–Crippen LogP) is 4.77. The number of anilines is 1. The molecule has 0 bridgehead atoms. The third-order valence-electron chi connectivity index (χ3n) is 4.10. The molecule has 0 saturated heterocycles. The van der Waals surface area contributed by atoms with Crippen molar-refractivity contribution in [3.63, 3.8) is 0 Å². The highest BCUT2D eigenvalue weighted by atomic mass is 79.9. The molecule has 5 nitrogen and oxygen atoms in total. The quantitative estimate of drug-likeness (QED) is 0.468. The molecular weight excluding hydrogens is 392 g/mol. The SMILES string of the molecule is COc1ccc(C=NNc2ccccc2)cc1Cn1nc(C)c(Br)c1C. The Morgan fingerprint density at radius 3 is 2.62 bits per heavy atom. The van der Waals surface area contributed by atoms with E-state index in [9.17, 15) is 0 Å². The summed E-state index contributed by atoms with van der Waals surface area (Å²) in [6, 6.07) is 15.9. The number of aryl methyl sites for hydroxylation is 1. The molecule has 134 valence electrons. The second-order valence-electron chi connectivity index (χ2n) is 5.95. The number of para-hydroxylation sites is 1. The van der Waals surface area contributed by atoms with Crippen LogP contribution in [0.4, 0.5) is 5.69 Å². The molecule has 3 aromatic rings. The molecule has 0 aliphatic rings. The number of aromatic nitrogens is 2. The minimum atomic E-state index is 0.634. The highest BCUT2D eigenvalue weighted by molar-refractivity contribution is 9.10. The molecule has 0 unspecified atom stereocenters. The van der Waals surface area contributed by atoms with E-state index in [1.165, 1.54) is 0 Å². The van der Waals surface area contributed by atoms with Gasteiger partial charge in [-0.2, -0.15) is 10.2 Å². The summed E-state index contributed by atoms with van der Waals surface area (Å²) >= 11 is 3.58. The minimum Gasteiger partial charge on any atom is -0.496 e. The van der Waals surface area contributed by atoms with Crippen LogP contribution in [0.1, 0.15) is 22.5 Å². The average molecular weight is 413 g/mol. The molecule has 3 rings (SSSR count). The van der Waals surface area contributed by atoms with E-state index in [1.807, 2.05) is 61.0 Å². The van der Waals surface area contributed by atoms with Gasteiger partial charge in [-0.1, -0.05) is 18.2 Å². The van der Waals surface area contributed by atoms with Crippen molar-refractivity contribution in [1.82, 2.24) is 9.78 Å². The van der Waals surface area contributed by atoms with Crippen LogP contribution in [0, 0.1) is 13.8 Å². The molecule has 0 atom stereocenters. The van der Waals surface area contributed by atoms with Crippen molar-refractivity contribution >= 4 is 27.8 Å². The van der Waals surface area contributed by atoms with Gasteiger partial charge in [0.15, 0.2) is 0 Å². The number of hydrazone groups is 1. The highest BCUT2D eigenvalue weighted by Gasteiger charge is 2.11. The molecule has 6 heteroatoms.